The Labute approximate surface area is 252 Å². The Hall–Kier alpha value is -4.35. The van der Waals surface area contributed by atoms with Gasteiger partial charge in [0.2, 0.25) is 0 Å². The molecule has 0 spiro atoms. The molecule has 0 aromatic heterocycles. The first-order chi connectivity index (χ1) is 20.3. The highest BCUT2D eigenvalue weighted by atomic mass is 79.9. The van der Waals surface area contributed by atoms with Gasteiger partial charge in [-0.05, 0) is 72.6 Å². The molecule has 216 valence electrons. The van der Waals surface area contributed by atoms with Crippen LogP contribution in [0.25, 0.3) is 0 Å². The number of amides is 2. The fourth-order valence-electron chi connectivity index (χ4n) is 4.37. The maximum absolute atomic E-state index is 13.3. The number of benzene rings is 4. The summed E-state index contributed by atoms with van der Waals surface area (Å²) >= 11 is 3.32. The largest absolute Gasteiger partial charge is 0.484 e. The summed E-state index contributed by atoms with van der Waals surface area (Å²) in [5.41, 5.74) is 2.08. The molecule has 5 rings (SSSR count). The first kappa shape index (κ1) is 29.2. The molecular weight excluding hydrogens is 622 g/mol. The Morgan fingerprint density at radius 2 is 1.60 bits per heavy atom. The van der Waals surface area contributed by atoms with E-state index in [2.05, 4.69) is 26.0 Å². The van der Waals surface area contributed by atoms with Crippen molar-refractivity contribution < 1.29 is 27.5 Å². The van der Waals surface area contributed by atoms with Gasteiger partial charge in [-0.3, -0.25) is 14.3 Å². The van der Waals surface area contributed by atoms with Crippen molar-refractivity contribution in [3.8, 4) is 11.5 Å². The molecule has 1 aliphatic heterocycles. The lowest BCUT2D eigenvalue weighted by molar-refractivity contribution is -0.128. The Kier molecular flexibility index (Phi) is 9.09. The number of nitrogens with zero attached hydrogens (tertiary/aromatic N) is 1. The van der Waals surface area contributed by atoms with E-state index in [1.54, 1.807) is 48.5 Å². The van der Waals surface area contributed by atoms with Crippen LogP contribution in [0.5, 0.6) is 11.5 Å². The smallest absolute Gasteiger partial charge is 0.265 e. The second kappa shape index (κ2) is 13.1. The fraction of sp³-hybridized carbons (Fsp3) is 0.161. The van der Waals surface area contributed by atoms with Crippen LogP contribution in [0, 0.1) is 0 Å². The molecule has 1 aliphatic rings. The summed E-state index contributed by atoms with van der Waals surface area (Å²) in [6.45, 7) is 0.140. The van der Waals surface area contributed by atoms with Gasteiger partial charge >= 0.3 is 0 Å². The number of hydrogen-bond acceptors (Lipinski definition) is 6. The van der Waals surface area contributed by atoms with Gasteiger partial charge in [-0.15, -0.1) is 0 Å². The number of rotatable bonds is 10. The third kappa shape index (κ3) is 7.29. The van der Waals surface area contributed by atoms with Crippen LogP contribution in [-0.4, -0.2) is 46.0 Å². The number of ether oxygens (including phenoxy) is 2. The molecule has 42 heavy (non-hydrogen) atoms. The number of para-hydroxylation sites is 2. The van der Waals surface area contributed by atoms with Crippen LogP contribution in [0.1, 0.15) is 5.56 Å². The fourth-order valence-corrected chi connectivity index (χ4v) is 5.69. The molecule has 0 aliphatic carbocycles. The molecule has 0 saturated heterocycles. The van der Waals surface area contributed by atoms with Crippen LogP contribution in [0.4, 0.5) is 11.4 Å². The average Bonchev–Trinajstić information content (AvgIpc) is 3.01. The average molecular weight is 651 g/mol. The second-order valence-electron chi connectivity index (χ2n) is 9.48. The number of halogens is 1. The zero-order chi connectivity index (χ0) is 29.5. The van der Waals surface area contributed by atoms with E-state index in [-0.39, 0.29) is 29.9 Å². The lowest BCUT2D eigenvalue weighted by Gasteiger charge is -2.34. The van der Waals surface area contributed by atoms with Crippen molar-refractivity contribution in [3.05, 3.63) is 113 Å². The molecular formula is C31H28BrN3O6S. The van der Waals surface area contributed by atoms with Crippen molar-refractivity contribution in [1.29, 1.82) is 0 Å². The SMILES string of the molecule is O=C(NCCc1ccccc1)C1CN(C(=O)COc2ccc(S(=O)(=O)Nc3ccc(Br)cc3)cc2)c2ccccc2O1. The van der Waals surface area contributed by atoms with Crippen molar-refractivity contribution in [2.45, 2.75) is 17.4 Å². The van der Waals surface area contributed by atoms with E-state index >= 15 is 0 Å². The van der Waals surface area contributed by atoms with Crippen LogP contribution < -0.4 is 24.4 Å². The molecule has 4 aromatic carbocycles. The van der Waals surface area contributed by atoms with E-state index in [9.17, 15) is 18.0 Å². The number of anilines is 2. The van der Waals surface area contributed by atoms with Gasteiger partial charge in [0.15, 0.2) is 12.7 Å². The van der Waals surface area contributed by atoms with Crippen molar-refractivity contribution in [1.82, 2.24) is 5.32 Å². The van der Waals surface area contributed by atoms with Crippen molar-refractivity contribution >= 4 is 49.1 Å². The number of sulfonamides is 1. The molecule has 1 atom stereocenters. The zero-order valence-electron chi connectivity index (χ0n) is 22.4. The van der Waals surface area contributed by atoms with Crippen molar-refractivity contribution in [2.75, 3.05) is 29.3 Å². The summed E-state index contributed by atoms with van der Waals surface area (Å²) in [6.07, 6.45) is -0.213. The highest BCUT2D eigenvalue weighted by Crippen LogP contribution is 2.33. The first-order valence-electron chi connectivity index (χ1n) is 13.2. The molecule has 0 bridgehead atoms. The predicted molar refractivity (Wildman–Crippen MR) is 163 cm³/mol. The maximum atomic E-state index is 13.3. The minimum absolute atomic E-state index is 0.0231. The van der Waals surface area contributed by atoms with E-state index in [4.69, 9.17) is 9.47 Å². The molecule has 0 saturated carbocycles. The summed E-state index contributed by atoms with van der Waals surface area (Å²) in [5.74, 6) is 0.0602. The summed E-state index contributed by atoms with van der Waals surface area (Å²) in [5, 5.41) is 2.89. The van der Waals surface area contributed by atoms with Crippen LogP contribution in [-0.2, 0) is 26.0 Å². The van der Waals surface area contributed by atoms with Gasteiger partial charge in [0.25, 0.3) is 21.8 Å². The van der Waals surface area contributed by atoms with E-state index in [1.165, 1.54) is 29.2 Å². The van der Waals surface area contributed by atoms with Crippen LogP contribution >= 0.6 is 15.9 Å². The number of carbonyl (C=O) groups excluding carboxylic acids is 2. The molecule has 2 amide bonds. The molecule has 4 aromatic rings. The van der Waals surface area contributed by atoms with E-state index < -0.39 is 16.1 Å². The summed E-state index contributed by atoms with van der Waals surface area (Å²) in [6, 6.07) is 29.4. The van der Waals surface area contributed by atoms with Gasteiger partial charge in [-0.2, -0.15) is 0 Å². The normalized spacial score (nSPS) is 14.3. The number of nitrogens with one attached hydrogen (secondary N) is 2. The first-order valence-corrected chi connectivity index (χ1v) is 15.4. The Morgan fingerprint density at radius 3 is 2.33 bits per heavy atom. The van der Waals surface area contributed by atoms with Crippen molar-refractivity contribution in [3.63, 3.8) is 0 Å². The van der Waals surface area contributed by atoms with E-state index in [1.807, 2.05) is 30.3 Å². The minimum atomic E-state index is -3.81. The Bertz CT molecular complexity index is 1650. The molecule has 2 N–H and O–H groups in total. The quantitative estimate of drug-likeness (QED) is 0.256. The van der Waals surface area contributed by atoms with Gasteiger partial charge in [0.05, 0.1) is 17.1 Å². The number of hydrogen-bond donors (Lipinski definition) is 2. The van der Waals surface area contributed by atoms with E-state index in [0.29, 0.717) is 35.8 Å². The topological polar surface area (TPSA) is 114 Å². The molecule has 1 unspecified atom stereocenters. The summed E-state index contributed by atoms with van der Waals surface area (Å²) in [7, 11) is -3.81. The van der Waals surface area contributed by atoms with Crippen LogP contribution in [0.15, 0.2) is 112 Å². The highest BCUT2D eigenvalue weighted by Gasteiger charge is 2.33. The molecule has 0 fully saturated rings. The second-order valence-corrected chi connectivity index (χ2v) is 12.1. The van der Waals surface area contributed by atoms with Gasteiger partial charge < -0.3 is 19.7 Å². The third-order valence-corrected chi connectivity index (χ3v) is 8.44. The monoisotopic (exact) mass is 649 g/mol. The van der Waals surface area contributed by atoms with E-state index in [0.717, 1.165) is 10.0 Å². The maximum Gasteiger partial charge on any atom is 0.265 e. The van der Waals surface area contributed by atoms with Gasteiger partial charge in [-0.25, -0.2) is 8.42 Å². The number of carbonyl (C=O) groups is 2. The van der Waals surface area contributed by atoms with Gasteiger partial charge in [0, 0.05) is 16.7 Å². The van der Waals surface area contributed by atoms with Gasteiger partial charge in [0.1, 0.15) is 11.5 Å². The highest BCUT2D eigenvalue weighted by molar-refractivity contribution is 9.10. The lowest BCUT2D eigenvalue weighted by Crippen LogP contribution is -2.52. The summed E-state index contributed by atoms with van der Waals surface area (Å²) in [4.78, 5) is 27.7. The predicted octanol–water partition coefficient (Wildman–Crippen LogP) is 4.78. The molecule has 0 radical (unpaired) electrons. The summed E-state index contributed by atoms with van der Waals surface area (Å²) < 4.78 is 40.5. The third-order valence-electron chi connectivity index (χ3n) is 6.52. The minimum Gasteiger partial charge on any atom is -0.484 e. The lowest BCUT2D eigenvalue weighted by atomic mass is 10.1. The van der Waals surface area contributed by atoms with Crippen LogP contribution in [0.3, 0.4) is 0 Å². The van der Waals surface area contributed by atoms with Crippen molar-refractivity contribution in [2.24, 2.45) is 0 Å². The molecule has 11 heteroatoms. The Balaban J connectivity index is 1.19. The molecule has 9 nitrogen and oxygen atoms in total. The zero-order valence-corrected chi connectivity index (χ0v) is 24.8. The van der Waals surface area contributed by atoms with Crippen LogP contribution in [0.2, 0.25) is 0 Å². The number of fused-ring (bicyclic) bond motifs is 1. The van der Waals surface area contributed by atoms with Gasteiger partial charge in [-0.1, -0.05) is 58.4 Å². The molecule has 1 heterocycles. The standard InChI is InChI=1S/C31H28BrN3O6S/c32-23-10-12-24(13-11-23)34-42(38,39)26-16-14-25(15-17-26)40-21-30(36)35-20-29(41-28-9-5-4-8-27(28)35)31(37)33-19-18-22-6-2-1-3-7-22/h1-17,29,34H,18-21H2,(H,33,37). The Morgan fingerprint density at radius 1 is 0.905 bits per heavy atom.